The van der Waals surface area contributed by atoms with Crippen LogP contribution in [0.25, 0.3) is 0 Å². The SMILES string of the molecule is CCOc1ccc([C@@H]2CC(=O)N3CN(c4ccc(OC)cc4OC)CSC3=C2C#N)cc1OC. The summed E-state index contributed by atoms with van der Waals surface area (Å²) in [6.07, 6.45) is 0.206. The first-order valence-corrected chi connectivity index (χ1v) is 11.9. The Hall–Kier alpha value is -3.51. The molecule has 2 aliphatic heterocycles. The minimum Gasteiger partial charge on any atom is -0.497 e. The third-order valence-electron chi connectivity index (χ3n) is 5.91. The highest BCUT2D eigenvalue weighted by atomic mass is 32.2. The summed E-state index contributed by atoms with van der Waals surface area (Å²) in [7, 11) is 4.79. The largest absolute Gasteiger partial charge is 0.497 e. The normalized spacial score (nSPS) is 17.7. The maximum Gasteiger partial charge on any atom is 0.229 e. The first-order valence-electron chi connectivity index (χ1n) is 10.9. The summed E-state index contributed by atoms with van der Waals surface area (Å²) in [5.74, 6) is 2.80. The van der Waals surface area contributed by atoms with Crippen molar-refractivity contribution in [1.29, 1.82) is 5.26 Å². The predicted molar refractivity (Wildman–Crippen MR) is 130 cm³/mol. The number of methoxy groups -OCH3 is 3. The number of carbonyl (C=O) groups is 1. The van der Waals surface area contributed by atoms with E-state index in [2.05, 4.69) is 11.0 Å². The van der Waals surface area contributed by atoms with Crippen LogP contribution in [0.15, 0.2) is 47.0 Å². The lowest BCUT2D eigenvalue weighted by Crippen LogP contribution is -2.47. The number of amides is 1. The number of hydrogen-bond acceptors (Lipinski definition) is 8. The number of thioether (sulfide) groups is 1. The van der Waals surface area contributed by atoms with Crippen LogP contribution in [-0.2, 0) is 4.79 Å². The van der Waals surface area contributed by atoms with Gasteiger partial charge in [-0.25, -0.2) is 0 Å². The number of anilines is 1. The average Bonchev–Trinajstić information content (AvgIpc) is 2.88. The van der Waals surface area contributed by atoms with E-state index in [1.54, 1.807) is 26.2 Å². The summed E-state index contributed by atoms with van der Waals surface area (Å²) in [5, 5.41) is 10.8. The van der Waals surface area contributed by atoms with Crippen LogP contribution >= 0.6 is 11.8 Å². The van der Waals surface area contributed by atoms with Crippen LogP contribution in [0, 0.1) is 11.3 Å². The van der Waals surface area contributed by atoms with Crippen LogP contribution in [0.3, 0.4) is 0 Å². The van der Waals surface area contributed by atoms with Crippen LogP contribution in [0.2, 0.25) is 0 Å². The number of fused-ring (bicyclic) bond motifs is 1. The van der Waals surface area contributed by atoms with Gasteiger partial charge in [-0.1, -0.05) is 17.8 Å². The molecule has 2 aromatic rings. The van der Waals surface area contributed by atoms with Gasteiger partial charge in [-0.3, -0.25) is 9.69 Å². The second-order valence-electron chi connectivity index (χ2n) is 7.74. The van der Waals surface area contributed by atoms with Crippen molar-refractivity contribution in [3.8, 4) is 29.1 Å². The number of allylic oxidation sites excluding steroid dienone is 1. The highest BCUT2D eigenvalue weighted by Crippen LogP contribution is 2.45. The molecular weight excluding hydrogens is 454 g/mol. The molecule has 0 aliphatic carbocycles. The molecule has 34 heavy (non-hydrogen) atoms. The van der Waals surface area contributed by atoms with E-state index in [-0.39, 0.29) is 18.2 Å². The Kier molecular flexibility index (Phi) is 7.08. The Labute approximate surface area is 203 Å². The molecule has 0 aromatic heterocycles. The van der Waals surface area contributed by atoms with E-state index in [4.69, 9.17) is 18.9 Å². The third kappa shape index (κ3) is 4.33. The maximum atomic E-state index is 13.3. The van der Waals surface area contributed by atoms with Crippen molar-refractivity contribution in [2.45, 2.75) is 19.3 Å². The molecule has 2 aromatic carbocycles. The van der Waals surface area contributed by atoms with Crippen molar-refractivity contribution in [2.24, 2.45) is 0 Å². The Morgan fingerprint density at radius 3 is 2.53 bits per heavy atom. The van der Waals surface area contributed by atoms with Crippen molar-refractivity contribution >= 4 is 23.4 Å². The van der Waals surface area contributed by atoms with Gasteiger partial charge >= 0.3 is 0 Å². The quantitative estimate of drug-likeness (QED) is 0.578. The van der Waals surface area contributed by atoms with Gasteiger partial charge in [0.2, 0.25) is 5.91 Å². The van der Waals surface area contributed by atoms with Crippen LogP contribution < -0.4 is 23.8 Å². The van der Waals surface area contributed by atoms with E-state index in [9.17, 15) is 10.1 Å². The first kappa shape index (κ1) is 23.6. The lowest BCUT2D eigenvalue weighted by Gasteiger charge is -2.42. The second kappa shape index (κ2) is 10.2. The van der Waals surface area contributed by atoms with Gasteiger partial charge in [-0.05, 0) is 36.8 Å². The number of carbonyl (C=O) groups excluding carboxylic acids is 1. The molecule has 0 saturated carbocycles. The van der Waals surface area contributed by atoms with Gasteiger partial charge < -0.3 is 23.8 Å². The first-order chi connectivity index (χ1) is 16.5. The Morgan fingerprint density at radius 1 is 1.06 bits per heavy atom. The number of rotatable bonds is 7. The lowest BCUT2D eigenvalue weighted by atomic mass is 9.86. The minimum absolute atomic E-state index is 0.0310. The summed E-state index contributed by atoms with van der Waals surface area (Å²) < 4.78 is 21.9. The highest BCUT2D eigenvalue weighted by Gasteiger charge is 2.39. The van der Waals surface area contributed by atoms with Gasteiger partial charge in [-0.15, -0.1) is 0 Å². The van der Waals surface area contributed by atoms with Gasteiger partial charge in [0.15, 0.2) is 11.5 Å². The molecule has 4 rings (SSSR count). The van der Waals surface area contributed by atoms with Crippen molar-refractivity contribution in [3.05, 3.63) is 52.6 Å². The fourth-order valence-corrected chi connectivity index (χ4v) is 5.38. The lowest BCUT2D eigenvalue weighted by molar-refractivity contribution is -0.129. The molecule has 0 bridgehead atoms. The van der Waals surface area contributed by atoms with Gasteiger partial charge in [0.1, 0.15) is 11.5 Å². The zero-order chi connectivity index (χ0) is 24.2. The number of benzene rings is 2. The number of hydrogen-bond donors (Lipinski definition) is 0. The zero-order valence-corrected chi connectivity index (χ0v) is 20.5. The molecule has 0 unspecified atom stereocenters. The third-order valence-corrected chi connectivity index (χ3v) is 7.07. The molecule has 2 aliphatic rings. The van der Waals surface area contributed by atoms with E-state index in [0.717, 1.165) is 11.3 Å². The van der Waals surface area contributed by atoms with Gasteiger partial charge in [0.25, 0.3) is 0 Å². The van der Waals surface area contributed by atoms with E-state index >= 15 is 0 Å². The van der Waals surface area contributed by atoms with Crippen LogP contribution in [0.5, 0.6) is 23.0 Å². The highest BCUT2D eigenvalue weighted by molar-refractivity contribution is 8.03. The summed E-state index contributed by atoms with van der Waals surface area (Å²) in [6, 6.07) is 13.6. The van der Waals surface area contributed by atoms with Crippen molar-refractivity contribution in [3.63, 3.8) is 0 Å². The predicted octanol–water partition coefficient (Wildman–Crippen LogP) is 4.33. The number of nitriles is 1. The molecule has 1 fully saturated rings. The molecule has 178 valence electrons. The van der Waals surface area contributed by atoms with E-state index in [1.807, 2.05) is 43.3 Å². The van der Waals surface area contributed by atoms with Crippen LogP contribution in [-0.4, -0.2) is 51.3 Å². The Morgan fingerprint density at radius 2 is 1.85 bits per heavy atom. The molecule has 8 nitrogen and oxygen atoms in total. The standard InChI is InChI=1S/C25H27N3O5S/c1-5-33-21-9-6-16(10-23(21)32-4)18-12-24(29)28-14-27(15-34-25(28)19(18)13-26)20-8-7-17(30-2)11-22(20)31-3/h6-11,18H,5,12,14-15H2,1-4H3/t18-/m0/s1. The van der Waals surface area contributed by atoms with E-state index in [1.165, 1.54) is 11.8 Å². The van der Waals surface area contributed by atoms with E-state index in [0.29, 0.717) is 52.8 Å². The van der Waals surface area contributed by atoms with Gasteiger partial charge in [0.05, 0.1) is 62.8 Å². The fourth-order valence-electron chi connectivity index (χ4n) is 4.22. The monoisotopic (exact) mass is 481 g/mol. The summed E-state index contributed by atoms with van der Waals surface area (Å²) >= 11 is 1.48. The van der Waals surface area contributed by atoms with Crippen molar-refractivity contribution in [1.82, 2.24) is 4.90 Å². The van der Waals surface area contributed by atoms with Gasteiger partial charge in [-0.2, -0.15) is 5.26 Å². The van der Waals surface area contributed by atoms with Crippen LogP contribution in [0.4, 0.5) is 5.69 Å². The summed E-state index contributed by atoms with van der Waals surface area (Å²) in [5.41, 5.74) is 2.31. The molecule has 1 atom stereocenters. The molecule has 0 radical (unpaired) electrons. The number of nitrogens with zero attached hydrogens (tertiary/aromatic N) is 3. The fraction of sp³-hybridized carbons (Fsp3) is 0.360. The molecule has 1 amide bonds. The zero-order valence-electron chi connectivity index (χ0n) is 19.7. The van der Waals surface area contributed by atoms with E-state index < -0.39 is 0 Å². The Bertz CT molecular complexity index is 1160. The Balaban J connectivity index is 1.65. The van der Waals surface area contributed by atoms with Crippen molar-refractivity contribution in [2.75, 3.05) is 45.4 Å². The number of ether oxygens (including phenoxy) is 4. The molecule has 1 saturated heterocycles. The summed E-state index contributed by atoms with van der Waals surface area (Å²) in [6.45, 7) is 2.77. The minimum atomic E-state index is -0.331. The molecular formula is C25H27N3O5S. The molecule has 0 N–H and O–H groups in total. The average molecular weight is 482 g/mol. The second-order valence-corrected chi connectivity index (χ2v) is 8.68. The smallest absolute Gasteiger partial charge is 0.229 e. The molecule has 9 heteroatoms. The van der Waals surface area contributed by atoms with Crippen LogP contribution in [0.1, 0.15) is 24.8 Å². The van der Waals surface area contributed by atoms with Crippen molar-refractivity contribution < 1.29 is 23.7 Å². The maximum absolute atomic E-state index is 13.3. The summed E-state index contributed by atoms with van der Waals surface area (Å²) in [4.78, 5) is 17.0. The topological polar surface area (TPSA) is 84.3 Å². The molecule has 2 heterocycles. The molecule has 0 spiro atoms. The van der Waals surface area contributed by atoms with Gasteiger partial charge in [0, 0.05) is 18.4 Å².